The molecule has 1 aliphatic carbocycles. The minimum absolute atomic E-state index is 0.120. The highest BCUT2D eigenvalue weighted by atomic mass is 16.2. The van der Waals surface area contributed by atoms with Crippen molar-refractivity contribution in [2.75, 3.05) is 11.9 Å². The van der Waals surface area contributed by atoms with Gasteiger partial charge in [0.05, 0.1) is 0 Å². The van der Waals surface area contributed by atoms with Crippen molar-refractivity contribution in [1.29, 1.82) is 0 Å². The molecule has 2 fully saturated rings. The first-order valence-corrected chi connectivity index (χ1v) is 9.86. The SMILES string of the molecule is O=C(Nc1ccc(C(=O)N2CCC[C@@H]3CCCC[C@H]32)cc1)c1ccccn1. The highest BCUT2D eigenvalue weighted by Crippen LogP contribution is 2.36. The molecule has 140 valence electrons. The molecule has 5 heteroatoms. The van der Waals surface area contributed by atoms with Gasteiger partial charge in [-0.1, -0.05) is 18.9 Å². The van der Waals surface area contributed by atoms with Crippen LogP contribution in [0.25, 0.3) is 0 Å². The van der Waals surface area contributed by atoms with Crippen molar-refractivity contribution in [3.05, 3.63) is 59.9 Å². The molecule has 2 atom stereocenters. The van der Waals surface area contributed by atoms with Gasteiger partial charge >= 0.3 is 0 Å². The number of rotatable bonds is 3. The number of anilines is 1. The second-order valence-corrected chi connectivity index (χ2v) is 7.50. The number of piperidine rings is 1. The van der Waals surface area contributed by atoms with Crippen LogP contribution in [0.4, 0.5) is 5.69 Å². The Morgan fingerprint density at radius 1 is 0.963 bits per heavy atom. The molecule has 0 radical (unpaired) electrons. The molecule has 0 unspecified atom stereocenters. The summed E-state index contributed by atoms with van der Waals surface area (Å²) in [7, 11) is 0. The van der Waals surface area contributed by atoms with E-state index in [4.69, 9.17) is 0 Å². The van der Waals surface area contributed by atoms with Crippen LogP contribution in [0, 0.1) is 5.92 Å². The van der Waals surface area contributed by atoms with Gasteiger partial charge < -0.3 is 10.2 Å². The zero-order valence-electron chi connectivity index (χ0n) is 15.4. The monoisotopic (exact) mass is 363 g/mol. The van der Waals surface area contributed by atoms with E-state index >= 15 is 0 Å². The molecule has 2 heterocycles. The molecular weight excluding hydrogens is 338 g/mol. The Labute approximate surface area is 159 Å². The molecule has 4 rings (SSSR count). The van der Waals surface area contributed by atoms with Crippen molar-refractivity contribution in [2.24, 2.45) is 5.92 Å². The first-order valence-electron chi connectivity index (χ1n) is 9.86. The molecule has 1 saturated heterocycles. The van der Waals surface area contributed by atoms with Crippen LogP contribution in [0.5, 0.6) is 0 Å². The summed E-state index contributed by atoms with van der Waals surface area (Å²) in [6.07, 6.45) is 8.87. The highest BCUT2D eigenvalue weighted by molar-refractivity contribution is 6.03. The van der Waals surface area contributed by atoms with Gasteiger partial charge in [0, 0.05) is 30.0 Å². The van der Waals surface area contributed by atoms with Gasteiger partial charge in [-0.05, 0) is 68.0 Å². The summed E-state index contributed by atoms with van der Waals surface area (Å²) in [5.41, 5.74) is 1.72. The zero-order valence-corrected chi connectivity index (χ0v) is 15.4. The Morgan fingerprint density at radius 2 is 1.74 bits per heavy atom. The standard InChI is InChI=1S/C22H25N3O2/c26-21(19-8-3-4-14-23-19)24-18-12-10-17(11-13-18)22(27)25-15-5-7-16-6-1-2-9-20(16)25/h3-4,8,10-14,16,20H,1-2,5-7,9,15H2,(H,24,26)/t16-,20+/m0/s1. The first kappa shape index (κ1) is 17.7. The van der Waals surface area contributed by atoms with Gasteiger partial charge in [-0.3, -0.25) is 14.6 Å². The molecule has 0 bridgehead atoms. The summed E-state index contributed by atoms with van der Waals surface area (Å²) in [5, 5.41) is 2.82. The van der Waals surface area contributed by atoms with Crippen molar-refractivity contribution in [3.63, 3.8) is 0 Å². The fraction of sp³-hybridized carbons (Fsp3) is 0.409. The topological polar surface area (TPSA) is 62.3 Å². The van der Waals surface area contributed by atoms with E-state index < -0.39 is 0 Å². The van der Waals surface area contributed by atoms with Crippen molar-refractivity contribution >= 4 is 17.5 Å². The third-order valence-corrected chi connectivity index (χ3v) is 5.79. The fourth-order valence-corrected chi connectivity index (χ4v) is 4.43. The van der Waals surface area contributed by atoms with Crippen LogP contribution in [0.1, 0.15) is 59.4 Å². The molecular formula is C22H25N3O2. The maximum atomic E-state index is 13.0. The number of benzene rings is 1. The number of aromatic nitrogens is 1. The van der Waals surface area contributed by atoms with E-state index in [1.54, 1.807) is 36.5 Å². The second-order valence-electron chi connectivity index (χ2n) is 7.50. The van der Waals surface area contributed by atoms with Gasteiger partial charge in [0.2, 0.25) is 0 Å². The number of amides is 2. The van der Waals surface area contributed by atoms with Crippen LogP contribution >= 0.6 is 0 Å². The number of nitrogens with zero attached hydrogens (tertiary/aromatic N) is 2. The number of fused-ring (bicyclic) bond motifs is 1. The third-order valence-electron chi connectivity index (χ3n) is 5.79. The molecule has 2 amide bonds. The number of nitrogens with one attached hydrogen (secondary N) is 1. The largest absolute Gasteiger partial charge is 0.335 e. The van der Waals surface area contributed by atoms with Crippen molar-refractivity contribution in [2.45, 2.75) is 44.6 Å². The van der Waals surface area contributed by atoms with Crippen LogP contribution in [-0.4, -0.2) is 34.3 Å². The molecule has 1 saturated carbocycles. The number of carbonyl (C=O) groups is 2. The van der Waals surface area contributed by atoms with Gasteiger partial charge in [-0.2, -0.15) is 0 Å². The van der Waals surface area contributed by atoms with E-state index in [1.165, 1.54) is 25.7 Å². The molecule has 1 N–H and O–H groups in total. The molecule has 0 spiro atoms. The predicted octanol–water partition coefficient (Wildman–Crippen LogP) is 4.13. The summed E-state index contributed by atoms with van der Waals surface area (Å²) in [6.45, 7) is 0.859. The zero-order chi connectivity index (χ0) is 18.6. The average molecular weight is 363 g/mol. The molecule has 5 nitrogen and oxygen atoms in total. The van der Waals surface area contributed by atoms with E-state index in [1.807, 2.05) is 12.1 Å². The lowest BCUT2D eigenvalue weighted by molar-refractivity contribution is 0.0390. The van der Waals surface area contributed by atoms with Crippen LogP contribution in [0.2, 0.25) is 0 Å². The summed E-state index contributed by atoms with van der Waals surface area (Å²) in [5.74, 6) is 0.540. The number of pyridine rings is 1. The second kappa shape index (κ2) is 7.91. The quantitative estimate of drug-likeness (QED) is 0.892. The Balaban J connectivity index is 1.44. The number of hydrogen-bond donors (Lipinski definition) is 1. The lowest BCUT2D eigenvalue weighted by Crippen LogP contribution is -2.49. The molecule has 27 heavy (non-hydrogen) atoms. The lowest BCUT2D eigenvalue weighted by Gasteiger charge is -2.44. The molecule has 2 aromatic rings. The smallest absolute Gasteiger partial charge is 0.274 e. The number of hydrogen-bond acceptors (Lipinski definition) is 3. The van der Waals surface area contributed by atoms with Crippen LogP contribution in [0.15, 0.2) is 48.7 Å². The van der Waals surface area contributed by atoms with Gasteiger partial charge in [0.15, 0.2) is 0 Å². The van der Waals surface area contributed by atoms with Crippen LogP contribution in [-0.2, 0) is 0 Å². The van der Waals surface area contributed by atoms with Crippen molar-refractivity contribution in [3.8, 4) is 0 Å². The Kier molecular flexibility index (Phi) is 5.19. The summed E-state index contributed by atoms with van der Waals surface area (Å²) in [6, 6.07) is 12.8. The molecule has 1 aromatic heterocycles. The average Bonchev–Trinajstić information content (AvgIpc) is 2.74. The highest BCUT2D eigenvalue weighted by Gasteiger charge is 2.35. The number of carbonyl (C=O) groups excluding carboxylic acids is 2. The maximum absolute atomic E-state index is 13.0. The lowest BCUT2D eigenvalue weighted by atomic mass is 9.78. The van der Waals surface area contributed by atoms with Crippen molar-refractivity contribution < 1.29 is 9.59 Å². The number of likely N-dealkylation sites (tertiary alicyclic amines) is 1. The van der Waals surface area contributed by atoms with E-state index in [0.29, 0.717) is 28.9 Å². The minimum atomic E-state index is -0.254. The van der Waals surface area contributed by atoms with Crippen molar-refractivity contribution in [1.82, 2.24) is 9.88 Å². The summed E-state index contributed by atoms with van der Waals surface area (Å²) >= 11 is 0. The van der Waals surface area contributed by atoms with Gasteiger partial charge in [0.1, 0.15) is 5.69 Å². The van der Waals surface area contributed by atoms with E-state index in [2.05, 4.69) is 15.2 Å². The fourth-order valence-electron chi connectivity index (χ4n) is 4.43. The molecule has 1 aliphatic heterocycles. The normalized spacial score (nSPS) is 22.0. The predicted molar refractivity (Wildman–Crippen MR) is 105 cm³/mol. The van der Waals surface area contributed by atoms with E-state index in [-0.39, 0.29) is 11.8 Å². The van der Waals surface area contributed by atoms with Gasteiger partial charge in [-0.15, -0.1) is 0 Å². The third kappa shape index (κ3) is 3.87. The minimum Gasteiger partial charge on any atom is -0.335 e. The van der Waals surface area contributed by atoms with Gasteiger partial charge in [0.25, 0.3) is 11.8 Å². The maximum Gasteiger partial charge on any atom is 0.274 e. The Hall–Kier alpha value is -2.69. The Morgan fingerprint density at radius 3 is 2.52 bits per heavy atom. The Bertz CT molecular complexity index is 802. The van der Waals surface area contributed by atoms with Crippen LogP contribution < -0.4 is 5.32 Å². The van der Waals surface area contributed by atoms with Crippen LogP contribution in [0.3, 0.4) is 0 Å². The van der Waals surface area contributed by atoms with E-state index in [9.17, 15) is 9.59 Å². The first-order chi connectivity index (χ1) is 13.2. The summed E-state index contributed by atoms with van der Waals surface area (Å²) in [4.78, 5) is 31.4. The summed E-state index contributed by atoms with van der Waals surface area (Å²) < 4.78 is 0. The van der Waals surface area contributed by atoms with E-state index in [0.717, 1.165) is 19.4 Å². The van der Waals surface area contributed by atoms with Gasteiger partial charge in [-0.25, -0.2) is 0 Å². The molecule has 1 aromatic carbocycles. The molecule has 2 aliphatic rings.